The summed E-state index contributed by atoms with van der Waals surface area (Å²) in [6.07, 6.45) is 3.56. The maximum atomic E-state index is 12.3. The maximum absolute atomic E-state index is 12.3. The summed E-state index contributed by atoms with van der Waals surface area (Å²) in [6, 6.07) is -0.189. The first kappa shape index (κ1) is 16.2. The first-order chi connectivity index (χ1) is 10.0. The molecule has 6 nitrogen and oxygen atoms in total. The Hall–Kier alpha value is -1.14. The highest BCUT2D eigenvalue weighted by molar-refractivity contribution is 5.80. The molecule has 3 atom stereocenters. The van der Waals surface area contributed by atoms with E-state index in [0.29, 0.717) is 19.4 Å². The summed E-state index contributed by atoms with van der Waals surface area (Å²) in [4.78, 5) is 27.2. The van der Waals surface area contributed by atoms with E-state index < -0.39 is 6.10 Å². The molecular formula is C15H26N2O4. The molecule has 0 bridgehead atoms. The lowest BCUT2D eigenvalue weighted by atomic mass is 9.89. The molecule has 1 saturated carbocycles. The van der Waals surface area contributed by atoms with Crippen molar-refractivity contribution in [2.45, 2.75) is 56.8 Å². The summed E-state index contributed by atoms with van der Waals surface area (Å²) in [5.74, 6) is 0.123. The molecule has 21 heavy (non-hydrogen) atoms. The number of carbonyl (C=O) groups is 2. The Morgan fingerprint density at radius 2 is 2.19 bits per heavy atom. The quantitative estimate of drug-likeness (QED) is 0.797. The van der Waals surface area contributed by atoms with E-state index in [1.165, 1.54) is 0 Å². The third-order valence-electron chi connectivity index (χ3n) is 4.72. The van der Waals surface area contributed by atoms with Crippen molar-refractivity contribution in [2.24, 2.45) is 0 Å². The normalized spacial score (nSPS) is 29.8. The minimum absolute atomic E-state index is 0.0181. The number of amides is 2. The van der Waals surface area contributed by atoms with E-state index in [1.807, 2.05) is 0 Å². The molecule has 2 amide bonds. The molecule has 0 radical (unpaired) electrons. The third-order valence-corrected chi connectivity index (χ3v) is 4.72. The highest BCUT2D eigenvalue weighted by Crippen LogP contribution is 2.25. The predicted octanol–water partition coefficient (Wildman–Crippen LogP) is 0.386. The zero-order valence-electron chi connectivity index (χ0n) is 13.0. The van der Waals surface area contributed by atoms with Gasteiger partial charge < -0.3 is 19.6 Å². The number of carbonyl (C=O) groups excluding carboxylic acids is 2. The molecule has 2 fully saturated rings. The molecule has 1 N–H and O–H groups in total. The van der Waals surface area contributed by atoms with Gasteiger partial charge in [-0.25, -0.2) is 0 Å². The van der Waals surface area contributed by atoms with E-state index in [2.05, 4.69) is 0 Å². The van der Waals surface area contributed by atoms with Crippen LogP contribution >= 0.6 is 0 Å². The molecule has 1 saturated heterocycles. The van der Waals surface area contributed by atoms with Gasteiger partial charge in [-0.15, -0.1) is 0 Å². The molecule has 1 aliphatic carbocycles. The number of likely N-dealkylation sites (N-methyl/N-ethyl adjacent to an activating group) is 1. The predicted molar refractivity (Wildman–Crippen MR) is 77.6 cm³/mol. The van der Waals surface area contributed by atoms with E-state index in [1.54, 1.807) is 24.0 Å². The lowest BCUT2D eigenvalue weighted by Gasteiger charge is -2.39. The summed E-state index contributed by atoms with van der Waals surface area (Å²) in [5, 5.41) is 10.3. The topological polar surface area (TPSA) is 70.1 Å². The van der Waals surface area contributed by atoms with Gasteiger partial charge in [0.1, 0.15) is 6.10 Å². The molecule has 1 heterocycles. The molecule has 2 aliphatic rings. The van der Waals surface area contributed by atoms with Crippen LogP contribution in [0.3, 0.4) is 0 Å². The van der Waals surface area contributed by atoms with Crippen LogP contribution in [0.15, 0.2) is 0 Å². The highest BCUT2D eigenvalue weighted by atomic mass is 16.5. The number of rotatable bonds is 5. The summed E-state index contributed by atoms with van der Waals surface area (Å²) >= 11 is 0. The van der Waals surface area contributed by atoms with E-state index in [4.69, 9.17) is 4.74 Å². The summed E-state index contributed by atoms with van der Waals surface area (Å²) in [7, 11) is 3.33. The second-order valence-electron chi connectivity index (χ2n) is 6.00. The number of methoxy groups -OCH3 is 1. The van der Waals surface area contributed by atoms with Crippen molar-refractivity contribution in [1.82, 2.24) is 9.80 Å². The van der Waals surface area contributed by atoms with Gasteiger partial charge >= 0.3 is 0 Å². The zero-order valence-corrected chi connectivity index (χ0v) is 13.0. The SMILES string of the molecule is CO[C@@H]1CCC[C@@H](N(C)C(=O)CCN2CCCC2=O)[C@H]1O. The van der Waals surface area contributed by atoms with Gasteiger partial charge in [0.25, 0.3) is 0 Å². The Kier molecular flexibility index (Phi) is 5.58. The van der Waals surface area contributed by atoms with Gasteiger partial charge in [-0.2, -0.15) is 0 Å². The first-order valence-corrected chi connectivity index (χ1v) is 7.79. The fraction of sp³-hybridized carbons (Fsp3) is 0.867. The second-order valence-corrected chi connectivity index (χ2v) is 6.00. The second kappa shape index (κ2) is 7.22. The number of likely N-dealkylation sites (tertiary alicyclic amines) is 1. The third kappa shape index (κ3) is 3.74. The van der Waals surface area contributed by atoms with Crippen LogP contribution in [-0.2, 0) is 14.3 Å². The summed E-state index contributed by atoms with van der Waals surface area (Å²) in [6.45, 7) is 1.24. The lowest BCUT2D eigenvalue weighted by Crippen LogP contribution is -2.52. The fourth-order valence-electron chi connectivity index (χ4n) is 3.33. The van der Waals surface area contributed by atoms with Crippen molar-refractivity contribution in [3.63, 3.8) is 0 Å². The average molecular weight is 298 g/mol. The van der Waals surface area contributed by atoms with Crippen LogP contribution in [0, 0.1) is 0 Å². The summed E-state index contributed by atoms with van der Waals surface area (Å²) < 4.78 is 5.28. The van der Waals surface area contributed by atoms with E-state index in [0.717, 1.165) is 32.2 Å². The Bertz CT molecular complexity index is 388. The average Bonchev–Trinajstić information content (AvgIpc) is 2.89. The standard InChI is InChI=1S/C15H26N2O4/c1-16(11-5-3-6-12(21-2)15(11)20)13(18)8-10-17-9-4-7-14(17)19/h11-12,15,20H,3-10H2,1-2H3/t11-,12-,15-/m1/s1. The van der Waals surface area contributed by atoms with Crippen molar-refractivity contribution >= 4 is 11.8 Å². The molecule has 0 aromatic carbocycles. The van der Waals surface area contributed by atoms with Crippen molar-refractivity contribution in [3.8, 4) is 0 Å². The summed E-state index contributed by atoms with van der Waals surface area (Å²) in [5.41, 5.74) is 0. The fourth-order valence-corrected chi connectivity index (χ4v) is 3.33. The van der Waals surface area contributed by atoms with Crippen LogP contribution in [0.25, 0.3) is 0 Å². The van der Waals surface area contributed by atoms with Crippen molar-refractivity contribution in [3.05, 3.63) is 0 Å². The molecule has 0 aromatic rings. The van der Waals surface area contributed by atoms with Crippen LogP contribution < -0.4 is 0 Å². The van der Waals surface area contributed by atoms with Gasteiger partial charge in [-0.3, -0.25) is 9.59 Å². The molecule has 6 heteroatoms. The smallest absolute Gasteiger partial charge is 0.224 e. The number of aliphatic hydroxyl groups is 1. The van der Waals surface area contributed by atoms with Crippen LogP contribution in [0.5, 0.6) is 0 Å². The molecule has 0 aromatic heterocycles. The molecule has 0 unspecified atom stereocenters. The number of hydrogen-bond acceptors (Lipinski definition) is 4. The lowest BCUT2D eigenvalue weighted by molar-refractivity contribution is -0.140. The van der Waals surface area contributed by atoms with Gasteiger partial charge in [0.15, 0.2) is 0 Å². The highest BCUT2D eigenvalue weighted by Gasteiger charge is 2.36. The molecule has 120 valence electrons. The number of aliphatic hydroxyl groups excluding tert-OH is 1. The van der Waals surface area contributed by atoms with Crippen molar-refractivity contribution in [1.29, 1.82) is 0 Å². The van der Waals surface area contributed by atoms with Crippen LogP contribution in [-0.4, -0.2) is 72.2 Å². The molecule has 0 spiro atoms. The van der Waals surface area contributed by atoms with Crippen LogP contribution in [0.2, 0.25) is 0 Å². The first-order valence-electron chi connectivity index (χ1n) is 7.79. The van der Waals surface area contributed by atoms with Crippen molar-refractivity contribution in [2.75, 3.05) is 27.2 Å². The van der Waals surface area contributed by atoms with E-state index >= 15 is 0 Å². The Morgan fingerprint density at radius 1 is 1.43 bits per heavy atom. The number of ether oxygens (including phenoxy) is 1. The van der Waals surface area contributed by atoms with Gasteiger partial charge in [0, 0.05) is 40.1 Å². The van der Waals surface area contributed by atoms with Crippen molar-refractivity contribution < 1.29 is 19.4 Å². The van der Waals surface area contributed by atoms with Gasteiger partial charge in [0.2, 0.25) is 11.8 Å². The minimum Gasteiger partial charge on any atom is -0.388 e. The molecule has 1 aliphatic heterocycles. The van der Waals surface area contributed by atoms with Gasteiger partial charge in [0.05, 0.1) is 12.1 Å². The molecule has 2 rings (SSSR count). The maximum Gasteiger partial charge on any atom is 0.224 e. The zero-order chi connectivity index (χ0) is 15.4. The van der Waals surface area contributed by atoms with E-state index in [9.17, 15) is 14.7 Å². The number of nitrogens with zero attached hydrogens (tertiary/aromatic N) is 2. The number of hydrogen-bond donors (Lipinski definition) is 1. The van der Waals surface area contributed by atoms with Crippen LogP contribution in [0.1, 0.15) is 38.5 Å². The Morgan fingerprint density at radius 3 is 2.81 bits per heavy atom. The monoisotopic (exact) mass is 298 g/mol. The van der Waals surface area contributed by atoms with Gasteiger partial charge in [-0.05, 0) is 25.7 Å². The largest absolute Gasteiger partial charge is 0.388 e. The molecular weight excluding hydrogens is 272 g/mol. The minimum atomic E-state index is -0.633. The van der Waals surface area contributed by atoms with E-state index in [-0.39, 0.29) is 24.0 Å². The Balaban J connectivity index is 1.85. The van der Waals surface area contributed by atoms with Crippen LogP contribution in [0.4, 0.5) is 0 Å². The Labute approximate surface area is 126 Å². The van der Waals surface area contributed by atoms with Gasteiger partial charge in [-0.1, -0.05) is 0 Å².